The number of sulfone groups is 1. The standard InChI is InChI=1S/C13H27NO2S/c1-11(2)5-4-6-12(9-14-3)13-7-8-17(15,16)10-13/h11-14H,4-10H2,1-3H3. The van der Waals surface area contributed by atoms with Crippen molar-refractivity contribution in [2.24, 2.45) is 17.8 Å². The molecule has 0 aromatic rings. The van der Waals surface area contributed by atoms with Gasteiger partial charge >= 0.3 is 0 Å². The lowest BCUT2D eigenvalue weighted by molar-refractivity contribution is 0.316. The van der Waals surface area contributed by atoms with E-state index in [0.29, 0.717) is 23.3 Å². The van der Waals surface area contributed by atoms with E-state index in [4.69, 9.17) is 0 Å². The SMILES string of the molecule is CNCC(CCCC(C)C)C1CCS(=O)(=O)C1. The first kappa shape index (κ1) is 15.0. The van der Waals surface area contributed by atoms with Gasteiger partial charge in [-0.2, -0.15) is 0 Å². The number of rotatable bonds is 7. The van der Waals surface area contributed by atoms with Crippen molar-refractivity contribution in [2.45, 2.75) is 39.5 Å². The maximum absolute atomic E-state index is 11.5. The van der Waals surface area contributed by atoms with E-state index < -0.39 is 9.84 Å². The van der Waals surface area contributed by atoms with Gasteiger partial charge in [-0.25, -0.2) is 8.42 Å². The molecule has 0 spiro atoms. The van der Waals surface area contributed by atoms with Crippen molar-refractivity contribution in [3.05, 3.63) is 0 Å². The van der Waals surface area contributed by atoms with Gasteiger partial charge in [0.15, 0.2) is 9.84 Å². The van der Waals surface area contributed by atoms with E-state index in [1.807, 2.05) is 7.05 Å². The predicted molar refractivity (Wildman–Crippen MR) is 72.9 cm³/mol. The van der Waals surface area contributed by atoms with Gasteiger partial charge in [-0.05, 0) is 44.2 Å². The van der Waals surface area contributed by atoms with Gasteiger partial charge in [0.2, 0.25) is 0 Å². The van der Waals surface area contributed by atoms with Crippen LogP contribution in [0.15, 0.2) is 0 Å². The Morgan fingerprint density at radius 1 is 1.29 bits per heavy atom. The van der Waals surface area contributed by atoms with Gasteiger partial charge in [0.05, 0.1) is 11.5 Å². The van der Waals surface area contributed by atoms with Crippen LogP contribution < -0.4 is 5.32 Å². The first-order chi connectivity index (χ1) is 7.94. The maximum atomic E-state index is 11.5. The fraction of sp³-hybridized carbons (Fsp3) is 1.00. The van der Waals surface area contributed by atoms with Crippen LogP contribution in [0.25, 0.3) is 0 Å². The quantitative estimate of drug-likeness (QED) is 0.763. The van der Waals surface area contributed by atoms with Gasteiger partial charge < -0.3 is 5.32 Å². The summed E-state index contributed by atoms with van der Waals surface area (Å²) in [5.74, 6) is 2.50. The summed E-state index contributed by atoms with van der Waals surface area (Å²) in [5.41, 5.74) is 0. The Balaban J connectivity index is 2.43. The van der Waals surface area contributed by atoms with Crippen LogP contribution in [0, 0.1) is 17.8 Å². The first-order valence-electron chi connectivity index (χ1n) is 6.79. The molecule has 1 saturated heterocycles. The summed E-state index contributed by atoms with van der Waals surface area (Å²) in [7, 11) is -0.771. The lowest BCUT2D eigenvalue weighted by Gasteiger charge is -2.22. The fourth-order valence-corrected chi connectivity index (χ4v) is 4.67. The summed E-state index contributed by atoms with van der Waals surface area (Å²) in [5, 5.41) is 3.22. The van der Waals surface area contributed by atoms with Crippen molar-refractivity contribution < 1.29 is 8.42 Å². The smallest absolute Gasteiger partial charge is 0.150 e. The summed E-state index contributed by atoms with van der Waals surface area (Å²) in [6, 6.07) is 0. The Morgan fingerprint density at radius 2 is 2.00 bits per heavy atom. The van der Waals surface area contributed by atoms with Gasteiger partial charge in [-0.15, -0.1) is 0 Å². The predicted octanol–water partition coefficient (Wildman–Crippen LogP) is 2.08. The van der Waals surface area contributed by atoms with Crippen LogP contribution in [0.3, 0.4) is 0 Å². The highest BCUT2D eigenvalue weighted by Crippen LogP contribution is 2.29. The Bertz CT molecular complexity index is 311. The molecule has 0 aromatic carbocycles. The third kappa shape index (κ3) is 5.38. The number of nitrogens with one attached hydrogen (secondary N) is 1. The van der Waals surface area contributed by atoms with E-state index in [-0.39, 0.29) is 0 Å². The van der Waals surface area contributed by atoms with Crippen LogP contribution in [-0.4, -0.2) is 33.5 Å². The largest absolute Gasteiger partial charge is 0.319 e. The molecule has 1 aliphatic rings. The zero-order valence-electron chi connectivity index (χ0n) is 11.4. The molecular formula is C13H27NO2S. The molecule has 0 amide bonds. The van der Waals surface area contributed by atoms with Crippen molar-refractivity contribution in [3.8, 4) is 0 Å². The Hall–Kier alpha value is -0.0900. The third-order valence-electron chi connectivity index (χ3n) is 3.76. The summed E-state index contributed by atoms with van der Waals surface area (Å²) >= 11 is 0. The van der Waals surface area contributed by atoms with Crippen molar-refractivity contribution in [2.75, 3.05) is 25.1 Å². The molecule has 1 aliphatic heterocycles. The zero-order chi connectivity index (χ0) is 12.9. The fourth-order valence-electron chi connectivity index (χ4n) is 2.75. The van der Waals surface area contributed by atoms with Crippen molar-refractivity contribution in [1.82, 2.24) is 5.32 Å². The molecule has 3 nitrogen and oxygen atoms in total. The van der Waals surface area contributed by atoms with Crippen LogP contribution in [-0.2, 0) is 9.84 Å². The van der Waals surface area contributed by atoms with Crippen molar-refractivity contribution in [3.63, 3.8) is 0 Å². The molecule has 1 N–H and O–H groups in total. The van der Waals surface area contributed by atoms with E-state index in [9.17, 15) is 8.42 Å². The molecular weight excluding hydrogens is 234 g/mol. The Morgan fingerprint density at radius 3 is 2.47 bits per heavy atom. The minimum Gasteiger partial charge on any atom is -0.319 e. The van der Waals surface area contributed by atoms with Gasteiger partial charge in [0, 0.05) is 0 Å². The van der Waals surface area contributed by atoms with E-state index in [1.54, 1.807) is 0 Å². The second-order valence-electron chi connectivity index (χ2n) is 5.81. The maximum Gasteiger partial charge on any atom is 0.150 e. The molecule has 1 heterocycles. The van der Waals surface area contributed by atoms with Crippen LogP contribution in [0.1, 0.15) is 39.5 Å². The highest BCUT2D eigenvalue weighted by molar-refractivity contribution is 7.91. The summed E-state index contributed by atoms with van der Waals surface area (Å²) < 4.78 is 23.0. The minimum atomic E-state index is -2.73. The highest BCUT2D eigenvalue weighted by atomic mass is 32.2. The van der Waals surface area contributed by atoms with Crippen LogP contribution in [0.2, 0.25) is 0 Å². The molecule has 1 rings (SSSR count). The number of hydrogen-bond acceptors (Lipinski definition) is 3. The monoisotopic (exact) mass is 261 g/mol. The second kappa shape index (κ2) is 6.74. The molecule has 0 saturated carbocycles. The molecule has 0 aliphatic carbocycles. The first-order valence-corrected chi connectivity index (χ1v) is 8.61. The Kier molecular flexibility index (Phi) is 5.93. The number of hydrogen-bond donors (Lipinski definition) is 1. The molecule has 1 fully saturated rings. The Labute approximate surface area is 106 Å². The van der Waals surface area contributed by atoms with Gasteiger partial charge in [0.25, 0.3) is 0 Å². The molecule has 102 valence electrons. The average molecular weight is 261 g/mol. The average Bonchev–Trinajstić information content (AvgIpc) is 2.57. The van der Waals surface area contributed by atoms with E-state index >= 15 is 0 Å². The summed E-state index contributed by atoms with van der Waals surface area (Å²) in [6.07, 6.45) is 4.51. The van der Waals surface area contributed by atoms with Crippen LogP contribution in [0.5, 0.6) is 0 Å². The van der Waals surface area contributed by atoms with Gasteiger partial charge in [0.1, 0.15) is 0 Å². The summed E-state index contributed by atoms with van der Waals surface area (Å²) in [4.78, 5) is 0. The molecule has 17 heavy (non-hydrogen) atoms. The molecule has 0 radical (unpaired) electrons. The minimum absolute atomic E-state index is 0.389. The second-order valence-corrected chi connectivity index (χ2v) is 8.03. The van der Waals surface area contributed by atoms with Crippen molar-refractivity contribution in [1.29, 1.82) is 0 Å². The van der Waals surface area contributed by atoms with E-state index in [1.165, 1.54) is 19.3 Å². The normalized spacial score (nSPS) is 25.3. The van der Waals surface area contributed by atoms with Gasteiger partial charge in [-0.3, -0.25) is 0 Å². The van der Waals surface area contributed by atoms with E-state index in [2.05, 4.69) is 19.2 Å². The third-order valence-corrected chi connectivity index (χ3v) is 5.55. The molecule has 0 aromatic heterocycles. The molecule has 0 bridgehead atoms. The molecule has 2 atom stereocenters. The van der Waals surface area contributed by atoms with Crippen LogP contribution >= 0.6 is 0 Å². The van der Waals surface area contributed by atoms with Crippen molar-refractivity contribution >= 4 is 9.84 Å². The topological polar surface area (TPSA) is 46.2 Å². The molecule has 2 unspecified atom stereocenters. The van der Waals surface area contributed by atoms with Gasteiger partial charge in [-0.1, -0.05) is 26.7 Å². The van der Waals surface area contributed by atoms with E-state index in [0.717, 1.165) is 18.9 Å². The zero-order valence-corrected chi connectivity index (χ0v) is 12.2. The summed E-state index contributed by atoms with van der Waals surface area (Å²) in [6.45, 7) is 5.44. The highest BCUT2D eigenvalue weighted by Gasteiger charge is 2.32. The lowest BCUT2D eigenvalue weighted by atomic mass is 9.86. The van der Waals surface area contributed by atoms with Crippen LogP contribution in [0.4, 0.5) is 0 Å². The lowest BCUT2D eigenvalue weighted by Crippen LogP contribution is -2.27. The molecule has 4 heteroatoms.